The minimum absolute atomic E-state index is 0.0111. The van der Waals surface area contributed by atoms with E-state index in [0.29, 0.717) is 10.7 Å². The molecule has 7 nitrogen and oxygen atoms in total. The highest BCUT2D eigenvalue weighted by Crippen LogP contribution is 2.18. The van der Waals surface area contributed by atoms with Crippen LogP contribution in [0.15, 0.2) is 30.5 Å². The molecule has 0 aliphatic carbocycles. The van der Waals surface area contributed by atoms with Crippen molar-refractivity contribution in [1.29, 1.82) is 0 Å². The first-order valence-corrected chi connectivity index (χ1v) is 9.16. The maximum Gasteiger partial charge on any atom is 0.407 e. The van der Waals surface area contributed by atoms with Gasteiger partial charge in [0.2, 0.25) is 5.91 Å². The maximum atomic E-state index is 13.2. The highest BCUT2D eigenvalue weighted by atomic mass is 32.1. The minimum Gasteiger partial charge on any atom is -0.444 e. The SMILES string of the molecule is CC(C)(C)OC(=O)NC[C@H](C(=O)NCc1cnc(N)s1)c1ccc(F)cc1. The Labute approximate surface area is 161 Å². The number of hydrogen-bond donors (Lipinski definition) is 3. The van der Waals surface area contributed by atoms with Crippen LogP contribution in [0.25, 0.3) is 0 Å². The van der Waals surface area contributed by atoms with Gasteiger partial charge in [-0.15, -0.1) is 11.3 Å². The zero-order valence-electron chi connectivity index (χ0n) is 15.4. The maximum absolute atomic E-state index is 13.2. The molecule has 2 aromatic rings. The van der Waals surface area contributed by atoms with E-state index in [1.54, 1.807) is 27.0 Å². The number of benzene rings is 1. The summed E-state index contributed by atoms with van der Waals surface area (Å²) < 4.78 is 18.4. The smallest absolute Gasteiger partial charge is 0.407 e. The molecule has 4 N–H and O–H groups in total. The van der Waals surface area contributed by atoms with Gasteiger partial charge in [-0.1, -0.05) is 12.1 Å². The monoisotopic (exact) mass is 394 g/mol. The van der Waals surface area contributed by atoms with Crippen LogP contribution in [-0.4, -0.2) is 29.1 Å². The number of thiazole rings is 1. The topological polar surface area (TPSA) is 106 Å². The molecule has 0 spiro atoms. The number of carbonyl (C=O) groups is 2. The molecule has 0 saturated heterocycles. The molecule has 1 aromatic carbocycles. The van der Waals surface area contributed by atoms with E-state index in [1.807, 2.05) is 0 Å². The van der Waals surface area contributed by atoms with Crippen LogP contribution >= 0.6 is 11.3 Å². The molecule has 2 amide bonds. The third kappa shape index (κ3) is 6.86. The predicted octanol–water partition coefficient (Wildman–Crippen LogP) is 2.79. The second-order valence-electron chi connectivity index (χ2n) is 6.87. The van der Waals surface area contributed by atoms with Crippen molar-refractivity contribution >= 4 is 28.5 Å². The summed E-state index contributed by atoms with van der Waals surface area (Å²) in [5.74, 6) is -1.42. The third-order valence-corrected chi connectivity index (χ3v) is 4.27. The van der Waals surface area contributed by atoms with Crippen molar-refractivity contribution < 1.29 is 18.7 Å². The van der Waals surface area contributed by atoms with Crippen molar-refractivity contribution in [2.75, 3.05) is 12.3 Å². The van der Waals surface area contributed by atoms with Crippen LogP contribution in [0.1, 0.15) is 37.1 Å². The predicted molar refractivity (Wildman–Crippen MR) is 102 cm³/mol. The van der Waals surface area contributed by atoms with E-state index < -0.39 is 23.4 Å². The number of aromatic nitrogens is 1. The number of carbonyl (C=O) groups excluding carboxylic acids is 2. The normalized spacial score (nSPS) is 12.3. The summed E-state index contributed by atoms with van der Waals surface area (Å²) in [5.41, 5.74) is 5.51. The fourth-order valence-corrected chi connectivity index (χ4v) is 2.88. The number of ether oxygens (including phenoxy) is 1. The summed E-state index contributed by atoms with van der Waals surface area (Å²) in [6.45, 7) is 5.52. The first kappa shape index (κ1) is 20.6. The number of halogens is 1. The summed E-state index contributed by atoms with van der Waals surface area (Å²) >= 11 is 1.28. The number of nitrogens with zero attached hydrogens (tertiary/aromatic N) is 1. The van der Waals surface area contributed by atoms with Gasteiger partial charge in [0.25, 0.3) is 0 Å². The lowest BCUT2D eigenvalue weighted by Crippen LogP contribution is -2.39. The summed E-state index contributed by atoms with van der Waals surface area (Å²) in [5, 5.41) is 5.80. The van der Waals surface area contributed by atoms with Crippen LogP contribution in [0.3, 0.4) is 0 Å². The second-order valence-corrected chi connectivity index (χ2v) is 8.02. The molecule has 27 heavy (non-hydrogen) atoms. The first-order valence-electron chi connectivity index (χ1n) is 8.34. The van der Waals surface area contributed by atoms with Crippen LogP contribution in [0.4, 0.5) is 14.3 Å². The van der Waals surface area contributed by atoms with Crippen LogP contribution in [0.2, 0.25) is 0 Å². The van der Waals surface area contributed by atoms with Gasteiger partial charge in [0.1, 0.15) is 11.4 Å². The summed E-state index contributed by atoms with van der Waals surface area (Å²) in [4.78, 5) is 29.3. The third-order valence-electron chi connectivity index (χ3n) is 3.45. The number of anilines is 1. The summed E-state index contributed by atoms with van der Waals surface area (Å²) in [6, 6.07) is 5.57. The Balaban J connectivity index is 2.05. The minimum atomic E-state index is -0.705. The van der Waals surface area contributed by atoms with Crippen molar-refractivity contribution in [3.05, 3.63) is 46.7 Å². The molecule has 1 aromatic heterocycles. The highest BCUT2D eigenvalue weighted by molar-refractivity contribution is 7.15. The fourth-order valence-electron chi connectivity index (χ4n) is 2.26. The average Bonchev–Trinajstić information content (AvgIpc) is 2.98. The molecule has 0 radical (unpaired) electrons. The van der Waals surface area contributed by atoms with Crippen LogP contribution < -0.4 is 16.4 Å². The van der Waals surface area contributed by atoms with Crippen molar-refractivity contribution in [1.82, 2.24) is 15.6 Å². The lowest BCUT2D eigenvalue weighted by molar-refractivity contribution is -0.122. The van der Waals surface area contributed by atoms with Gasteiger partial charge in [-0.3, -0.25) is 4.79 Å². The Morgan fingerprint density at radius 2 is 1.93 bits per heavy atom. The number of nitrogens with two attached hydrogens (primary N) is 1. The molecule has 2 rings (SSSR count). The number of alkyl carbamates (subject to hydrolysis) is 1. The van der Waals surface area contributed by atoms with E-state index in [2.05, 4.69) is 15.6 Å². The average molecular weight is 394 g/mol. The molecule has 0 bridgehead atoms. The quantitative estimate of drug-likeness (QED) is 0.698. The Hall–Kier alpha value is -2.68. The lowest BCUT2D eigenvalue weighted by atomic mass is 9.98. The molecule has 1 atom stereocenters. The zero-order chi connectivity index (χ0) is 20.0. The van der Waals surface area contributed by atoms with Gasteiger partial charge in [0.05, 0.1) is 12.5 Å². The molecular weight excluding hydrogens is 371 g/mol. The zero-order valence-corrected chi connectivity index (χ0v) is 16.2. The van der Waals surface area contributed by atoms with Crippen LogP contribution in [-0.2, 0) is 16.1 Å². The summed E-state index contributed by atoms with van der Waals surface area (Å²) in [6.07, 6.45) is 0.962. The Morgan fingerprint density at radius 3 is 2.48 bits per heavy atom. The van der Waals surface area contributed by atoms with Crippen molar-refractivity contribution in [2.45, 2.75) is 38.8 Å². The summed E-state index contributed by atoms with van der Waals surface area (Å²) in [7, 11) is 0. The van der Waals surface area contributed by atoms with Gasteiger partial charge in [-0.25, -0.2) is 14.2 Å². The van der Waals surface area contributed by atoms with E-state index in [-0.39, 0.29) is 19.0 Å². The van der Waals surface area contributed by atoms with E-state index >= 15 is 0 Å². The molecule has 146 valence electrons. The molecule has 0 unspecified atom stereocenters. The molecule has 0 saturated carbocycles. The van der Waals surface area contributed by atoms with Crippen molar-refractivity contribution in [3.8, 4) is 0 Å². The van der Waals surface area contributed by atoms with Gasteiger partial charge in [0, 0.05) is 17.6 Å². The number of hydrogen-bond acceptors (Lipinski definition) is 6. The second kappa shape index (κ2) is 8.81. The molecule has 0 fully saturated rings. The molecule has 1 heterocycles. The number of nitrogens with one attached hydrogen (secondary N) is 2. The van der Waals surface area contributed by atoms with E-state index in [0.717, 1.165) is 4.88 Å². The molecule has 9 heteroatoms. The van der Waals surface area contributed by atoms with Crippen LogP contribution in [0, 0.1) is 5.82 Å². The molecule has 0 aliphatic rings. The fraction of sp³-hybridized carbons (Fsp3) is 0.389. The standard InChI is InChI=1S/C18H23FN4O3S/c1-18(2,3)26-17(25)23-10-14(11-4-6-12(19)7-5-11)15(24)21-8-13-9-22-16(20)27-13/h4-7,9,14H,8,10H2,1-3H3,(H2,20,22)(H,21,24)(H,23,25)/t14-/m0/s1. The van der Waals surface area contributed by atoms with E-state index in [4.69, 9.17) is 10.5 Å². The largest absolute Gasteiger partial charge is 0.444 e. The first-order chi connectivity index (χ1) is 12.6. The van der Waals surface area contributed by atoms with Crippen molar-refractivity contribution in [3.63, 3.8) is 0 Å². The van der Waals surface area contributed by atoms with Crippen molar-refractivity contribution in [2.24, 2.45) is 0 Å². The lowest BCUT2D eigenvalue weighted by Gasteiger charge is -2.22. The van der Waals surface area contributed by atoms with E-state index in [9.17, 15) is 14.0 Å². The Bertz CT molecular complexity index is 787. The van der Waals surface area contributed by atoms with Crippen LogP contribution in [0.5, 0.6) is 0 Å². The molecule has 0 aliphatic heterocycles. The highest BCUT2D eigenvalue weighted by Gasteiger charge is 2.23. The van der Waals surface area contributed by atoms with Gasteiger partial charge in [0.15, 0.2) is 5.13 Å². The molecular formula is C18H23FN4O3S. The van der Waals surface area contributed by atoms with Gasteiger partial charge >= 0.3 is 6.09 Å². The van der Waals surface area contributed by atoms with Gasteiger partial charge < -0.3 is 21.1 Å². The van der Waals surface area contributed by atoms with Gasteiger partial charge in [-0.05, 0) is 38.5 Å². The Morgan fingerprint density at radius 1 is 1.26 bits per heavy atom. The number of amides is 2. The Kier molecular flexibility index (Phi) is 6.73. The number of rotatable bonds is 6. The van der Waals surface area contributed by atoms with Gasteiger partial charge in [-0.2, -0.15) is 0 Å². The number of nitrogen functional groups attached to an aromatic ring is 1. The van der Waals surface area contributed by atoms with E-state index in [1.165, 1.54) is 35.6 Å².